The third-order valence-electron chi connectivity index (χ3n) is 2.97. The Morgan fingerprint density at radius 1 is 1.17 bits per heavy atom. The number of halogens is 1. The molecule has 0 aliphatic heterocycles. The maximum atomic E-state index is 8.82. The van der Waals surface area contributed by atoms with Crippen LogP contribution in [-0.2, 0) is 0 Å². The monoisotopic (exact) mass is 256 g/mol. The average Bonchev–Trinajstić information content (AvgIpc) is 2.35. The van der Waals surface area contributed by atoms with E-state index >= 15 is 0 Å². The van der Waals surface area contributed by atoms with Gasteiger partial charge in [0.2, 0.25) is 0 Å². The van der Waals surface area contributed by atoms with E-state index in [1.165, 1.54) is 11.1 Å². The molecule has 0 bridgehead atoms. The van der Waals surface area contributed by atoms with Crippen molar-refractivity contribution in [1.82, 2.24) is 0 Å². The highest BCUT2D eigenvalue weighted by molar-refractivity contribution is 6.32. The molecule has 1 N–H and O–H groups in total. The third-order valence-corrected chi connectivity index (χ3v) is 3.29. The van der Waals surface area contributed by atoms with Crippen LogP contribution in [0.15, 0.2) is 36.4 Å². The van der Waals surface area contributed by atoms with Crippen molar-refractivity contribution in [2.24, 2.45) is 0 Å². The first-order valence-electron chi connectivity index (χ1n) is 5.64. The fraction of sp³-hybridized carbons (Fsp3) is 0.133. The second-order valence-electron chi connectivity index (χ2n) is 4.18. The first kappa shape index (κ1) is 12.5. The van der Waals surface area contributed by atoms with E-state index in [0.717, 1.165) is 11.4 Å². The van der Waals surface area contributed by atoms with Crippen LogP contribution in [0.4, 0.5) is 11.4 Å². The summed E-state index contributed by atoms with van der Waals surface area (Å²) >= 11 is 6.00. The number of nitriles is 1. The van der Waals surface area contributed by atoms with Crippen LogP contribution in [0.1, 0.15) is 16.7 Å². The van der Waals surface area contributed by atoms with Gasteiger partial charge in [0.05, 0.1) is 10.6 Å². The molecule has 0 spiro atoms. The van der Waals surface area contributed by atoms with E-state index in [-0.39, 0.29) is 0 Å². The number of hydrogen-bond acceptors (Lipinski definition) is 2. The lowest BCUT2D eigenvalue weighted by molar-refractivity contribution is 1.33. The summed E-state index contributed by atoms with van der Waals surface area (Å²) in [6, 6.07) is 13.5. The molecular weight excluding hydrogens is 244 g/mol. The van der Waals surface area contributed by atoms with Crippen LogP contribution in [-0.4, -0.2) is 0 Å². The van der Waals surface area contributed by atoms with E-state index in [0.29, 0.717) is 10.6 Å². The number of rotatable bonds is 2. The van der Waals surface area contributed by atoms with Crippen LogP contribution in [0.5, 0.6) is 0 Å². The summed E-state index contributed by atoms with van der Waals surface area (Å²) in [4.78, 5) is 0. The molecule has 0 amide bonds. The summed E-state index contributed by atoms with van der Waals surface area (Å²) in [5.41, 5.74) is 4.87. The maximum Gasteiger partial charge on any atom is 0.101 e. The largest absolute Gasteiger partial charge is 0.355 e. The minimum atomic E-state index is 0.466. The molecular formula is C15H13ClN2. The van der Waals surface area contributed by atoms with Crippen LogP contribution in [0.25, 0.3) is 0 Å². The summed E-state index contributed by atoms with van der Waals surface area (Å²) in [6.07, 6.45) is 0. The van der Waals surface area contributed by atoms with Crippen molar-refractivity contribution in [3.8, 4) is 6.07 Å². The molecule has 0 aliphatic carbocycles. The van der Waals surface area contributed by atoms with E-state index in [2.05, 4.69) is 25.2 Å². The minimum Gasteiger partial charge on any atom is -0.355 e. The molecule has 0 atom stereocenters. The van der Waals surface area contributed by atoms with Crippen molar-refractivity contribution in [3.05, 3.63) is 58.1 Å². The number of aryl methyl sites for hydroxylation is 1. The Hall–Kier alpha value is -1.98. The summed E-state index contributed by atoms with van der Waals surface area (Å²) in [5.74, 6) is 0. The van der Waals surface area contributed by atoms with Crippen molar-refractivity contribution in [1.29, 1.82) is 5.26 Å². The lowest BCUT2D eigenvalue weighted by Crippen LogP contribution is -1.95. The van der Waals surface area contributed by atoms with Gasteiger partial charge in [-0.25, -0.2) is 0 Å². The van der Waals surface area contributed by atoms with Crippen LogP contribution in [0, 0.1) is 25.2 Å². The quantitative estimate of drug-likeness (QED) is 0.854. The predicted octanol–water partition coefficient (Wildman–Crippen LogP) is 4.57. The lowest BCUT2D eigenvalue weighted by Gasteiger charge is -2.11. The van der Waals surface area contributed by atoms with Crippen LogP contribution >= 0.6 is 11.6 Å². The smallest absolute Gasteiger partial charge is 0.101 e. The molecule has 2 nitrogen and oxygen atoms in total. The molecule has 0 aliphatic rings. The molecule has 0 fully saturated rings. The van der Waals surface area contributed by atoms with Crippen LogP contribution in [0.2, 0.25) is 5.02 Å². The SMILES string of the molecule is Cc1cccc(Nc2ccc(C#N)c(Cl)c2)c1C. The lowest BCUT2D eigenvalue weighted by atomic mass is 10.1. The molecule has 2 aromatic carbocycles. The van der Waals surface area contributed by atoms with Gasteiger partial charge in [0.25, 0.3) is 0 Å². The number of nitrogens with one attached hydrogen (secondary N) is 1. The molecule has 2 rings (SSSR count). The van der Waals surface area contributed by atoms with Crippen molar-refractivity contribution in [2.75, 3.05) is 5.32 Å². The second-order valence-corrected chi connectivity index (χ2v) is 4.59. The van der Waals surface area contributed by atoms with Crippen molar-refractivity contribution >= 4 is 23.0 Å². The summed E-state index contributed by atoms with van der Waals surface area (Å²) in [7, 11) is 0. The van der Waals surface area contributed by atoms with Crippen LogP contribution < -0.4 is 5.32 Å². The molecule has 0 saturated heterocycles. The van der Waals surface area contributed by atoms with E-state index in [1.54, 1.807) is 12.1 Å². The standard InChI is InChI=1S/C15H13ClN2/c1-10-4-3-5-15(11(10)2)18-13-7-6-12(9-17)14(16)8-13/h3-8,18H,1-2H3. The number of nitrogens with zero attached hydrogens (tertiary/aromatic N) is 1. The Kier molecular flexibility index (Phi) is 3.55. The fourth-order valence-corrected chi connectivity index (χ4v) is 1.95. The van der Waals surface area contributed by atoms with Gasteiger partial charge in [-0.15, -0.1) is 0 Å². The second kappa shape index (κ2) is 5.12. The van der Waals surface area contributed by atoms with E-state index < -0.39 is 0 Å². The molecule has 0 aromatic heterocycles. The van der Waals surface area contributed by atoms with Gasteiger partial charge < -0.3 is 5.32 Å². The van der Waals surface area contributed by atoms with Crippen molar-refractivity contribution in [3.63, 3.8) is 0 Å². The van der Waals surface area contributed by atoms with Gasteiger partial charge in [-0.05, 0) is 49.2 Å². The molecule has 0 saturated carbocycles. The van der Waals surface area contributed by atoms with Gasteiger partial charge in [-0.2, -0.15) is 5.26 Å². The molecule has 0 radical (unpaired) electrons. The zero-order valence-electron chi connectivity index (χ0n) is 10.3. The maximum absolute atomic E-state index is 8.82. The minimum absolute atomic E-state index is 0.466. The molecule has 0 unspecified atom stereocenters. The van der Waals surface area contributed by atoms with Gasteiger partial charge >= 0.3 is 0 Å². The van der Waals surface area contributed by atoms with Crippen molar-refractivity contribution in [2.45, 2.75) is 13.8 Å². The highest BCUT2D eigenvalue weighted by atomic mass is 35.5. The summed E-state index contributed by atoms with van der Waals surface area (Å²) in [6.45, 7) is 4.15. The highest BCUT2D eigenvalue weighted by Gasteiger charge is 2.04. The Morgan fingerprint density at radius 2 is 1.94 bits per heavy atom. The van der Waals surface area contributed by atoms with E-state index in [4.69, 9.17) is 16.9 Å². The first-order valence-corrected chi connectivity index (χ1v) is 6.02. The average molecular weight is 257 g/mol. The van der Waals surface area contributed by atoms with E-state index in [1.807, 2.05) is 24.3 Å². The Bertz CT molecular complexity index is 627. The van der Waals surface area contributed by atoms with E-state index in [9.17, 15) is 0 Å². The zero-order chi connectivity index (χ0) is 13.1. The normalized spacial score (nSPS) is 9.89. The molecule has 3 heteroatoms. The summed E-state index contributed by atoms with van der Waals surface area (Å²) < 4.78 is 0. The Morgan fingerprint density at radius 3 is 2.61 bits per heavy atom. The van der Waals surface area contributed by atoms with Gasteiger partial charge in [-0.1, -0.05) is 23.7 Å². The van der Waals surface area contributed by atoms with Gasteiger partial charge in [0.1, 0.15) is 6.07 Å². The highest BCUT2D eigenvalue weighted by Crippen LogP contribution is 2.26. The predicted molar refractivity (Wildman–Crippen MR) is 75.4 cm³/mol. The van der Waals surface area contributed by atoms with Gasteiger partial charge in [0, 0.05) is 11.4 Å². The Balaban J connectivity index is 2.32. The number of hydrogen-bond donors (Lipinski definition) is 1. The third kappa shape index (κ3) is 2.47. The number of benzene rings is 2. The van der Waals surface area contributed by atoms with Crippen molar-refractivity contribution < 1.29 is 0 Å². The van der Waals surface area contributed by atoms with Gasteiger partial charge in [0.15, 0.2) is 0 Å². The molecule has 2 aromatic rings. The van der Waals surface area contributed by atoms with Crippen LogP contribution in [0.3, 0.4) is 0 Å². The summed E-state index contributed by atoms with van der Waals surface area (Å²) in [5, 5.41) is 12.6. The molecule has 0 heterocycles. The fourth-order valence-electron chi connectivity index (χ4n) is 1.73. The molecule has 90 valence electrons. The first-order chi connectivity index (χ1) is 8.61. The topological polar surface area (TPSA) is 35.8 Å². The Labute approximate surface area is 112 Å². The number of anilines is 2. The zero-order valence-corrected chi connectivity index (χ0v) is 11.0. The van der Waals surface area contributed by atoms with Gasteiger partial charge in [-0.3, -0.25) is 0 Å². The molecule has 18 heavy (non-hydrogen) atoms.